The Hall–Kier alpha value is -2.76. The van der Waals surface area contributed by atoms with Gasteiger partial charge in [-0.05, 0) is 36.2 Å². The molecule has 1 heterocycles. The fourth-order valence-corrected chi connectivity index (χ4v) is 2.94. The Morgan fingerprint density at radius 1 is 1.19 bits per heavy atom. The first-order valence-corrected chi connectivity index (χ1v) is 8.61. The Morgan fingerprint density at radius 3 is 2.62 bits per heavy atom. The second-order valence-corrected chi connectivity index (χ2v) is 6.21. The van der Waals surface area contributed by atoms with Crippen LogP contribution >= 0.6 is 0 Å². The van der Waals surface area contributed by atoms with E-state index in [0.717, 1.165) is 12.0 Å². The number of nitrogens with zero attached hydrogens (tertiary/aromatic N) is 2. The molecule has 0 fully saturated rings. The highest BCUT2D eigenvalue weighted by Crippen LogP contribution is 2.19. The van der Waals surface area contributed by atoms with Gasteiger partial charge in [0.2, 0.25) is 0 Å². The van der Waals surface area contributed by atoms with Crippen molar-refractivity contribution < 1.29 is 18.4 Å². The van der Waals surface area contributed by atoms with Crippen LogP contribution in [0.2, 0.25) is 0 Å². The summed E-state index contributed by atoms with van der Waals surface area (Å²) >= 11 is 0. The van der Waals surface area contributed by atoms with Crippen LogP contribution in [-0.4, -0.2) is 35.7 Å². The Bertz CT molecular complexity index is 806. The number of amides is 1. The first-order chi connectivity index (χ1) is 12.6. The summed E-state index contributed by atoms with van der Waals surface area (Å²) in [4.78, 5) is 19.7. The maximum atomic E-state index is 13.9. The van der Waals surface area contributed by atoms with Crippen molar-refractivity contribution in [2.45, 2.75) is 25.9 Å². The summed E-state index contributed by atoms with van der Waals surface area (Å²) in [7, 11) is 0. The summed E-state index contributed by atoms with van der Waals surface area (Å²) in [5.41, 5.74) is 1.56. The van der Waals surface area contributed by atoms with E-state index in [9.17, 15) is 13.6 Å². The Labute approximate surface area is 151 Å². The lowest BCUT2D eigenvalue weighted by Gasteiger charge is -2.24. The summed E-state index contributed by atoms with van der Waals surface area (Å²) in [5, 5.41) is 4.06. The van der Waals surface area contributed by atoms with E-state index in [1.54, 1.807) is 29.2 Å². The summed E-state index contributed by atoms with van der Waals surface area (Å²) in [6.45, 7) is 2.77. The molecular formula is C20H20F2N2O2. The normalized spacial score (nSPS) is 16.1. The Morgan fingerprint density at radius 2 is 1.92 bits per heavy atom. The highest BCUT2D eigenvalue weighted by molar-refractivity contribution is 6.01. The number of benzene rings is 2. The molecule has 1 aliphatic rings. The van der Waals surface area contributed by atoms with E-state index in [0.29, 0.717) is 25.2 Å². The lowest BCUT2D eigenvalue weighted by atomic mass is 10.0. The van der Waals surface area contributed by atoms with E-state index in [-0.39, 0.29) is 23.4 Å². The van der Waals surface area contributed by atoms with Crippen molar-refractivity contribution >= 4 is 11.6 Å². The van der Waals surface area contributed by atoms with Crippen molar-refractivity contribution in [1.29, 1.82) is 0 Å². The van der Waals surface area contributed by atoms with Crippen LogP contribution in [0, 0.1) is 11.6 Å². The van der Waals surface area contributed by atoms with E-state index in [1.807, 2.05) is 6.92 Å². The van der Waals surface area contributed by atoms with Crippen LogP contribution < -0.4 is 0 Å². The SMILES string of the molecule is CCCN(C[C@@H]1CC(c2ccc(F)cc2)=NO1)C(=O)c1ccccc1F. The molecule has 1 amide bonds. The van der Waals surface area contributed by atoms with Crippen molar-refractivity contribution in [2.24, 2.45) is 5.16 Å². The van der Waals surface area contributed by atoms with Gasteiger partial charge in [0.15, 0.2) is 6.10 Å². The van der Waals surface area contributed by atoms with Crippen LogP contribution in [0.4, 0.5) is 8.78 Å². The molecule has 0 radical (unpaired) electrons. The average molecular weight is 358 g/mol. The fourth-order valence-electron chi connectivity index (χ4n) is 2.94. The van der Waals surface area contributed by atoms with Crippen molar-refractivity contribution in [3.63, 3.8) is 0 Å². The Kier molecular flexibility index (Phi) is 5.61. The third-order valence-electron chi connectivity index (χ3n) is 4.22. The van der Waals surface area contributed by atoms with Gasteiger partial charge < -0.3 is 9.74 Å². The zero-order valence-electron chi connectivity index (χ0n) is 14.5. The second kappa shape index (κ2) is 8.08. The van der Waals surface area contributed by atoms with E-state index in [2.05, 4.69) is 5.16 Å². The van der Waals surface area contributed by atoms with Crippen LogP contribution in [0.25, 0.3) is 0 Å². The van der Waals surface area contributed by atoms with Crippen molar-refractivity contribution in [2.75, 3.05) is 13.1 Å². The van der Waals surface area contributed by atoms with Crippen LogP contribution in [0.5, 0.6) is 0 Å². The lowest BCUT2D eigenvalue weighted by molar-refractivity contribution is 0.0421. The number of halogens is 2. The molecule has 0 saturated heterocycles. The van der Waals surface area contributed by atoms with Gasteiger partial charge in [-0.15, -0.1) is 0 Å². The summed E-state index contributed by atoms with van der Waals surface area (Å²) in [6.07, 6.45) is 0.951. The predicted molar refractivity (Wildman–Crippen MR) is 95.0 cm³/mol. The van der Waals surface area contributed by atoms with Gasteiger partial charge in [0.1, 0.15) is 11.6 Å². The van der Waals surface area contributed by atoms with Crippen LogP contribution in [0.3, 0.4) is 0 Å². The van der Waals surface area contributed by atoms with Gasteiger partial charge >= 0.3 is 0 Å². The average Bonchev–Trinajstić information content (AvgIpc) is 3.10. The minimum absolute atomic E-state index is 0.0543. The zero-order valence-corrected chi connectivity index (χ0v) is 14.5. The molecule has 0 aromatic heterocycles. The highest BCUT2D eigenvalue weighted by atomic mass is 19.1. The van der Waals surface area contributed by atoms with Crippen molar-refractivity contribution in [3.05, 3.63) is 71.3 Å². The van der Waals surface area contributed by atoms with Gasteiger partial charge in [0.25, 0.3) is 5.91 Å². The number of oxime groups is 1. The highest BCUT2D eigenvalue weighted by Gasteiger charge is 2.27. The molecule has 26 heavy (non-hydrogen) atoms. The van der Waals surface area contributed by atoms with E-state index in [4.69, 9.17) is 4.84 Å². The molecule has 1 atom stereocenters. The molecule has 0 N–H and O–H groups in total. The number of carbonyl (C=O) groups excluding carboxylic acids is 1. The molecule has 0 unspecified atom stereocenters. The fraction of sp³-hybridized carbons (Fsp3) is 0.300. The summed E-state index contributed by atoms with van der Waals surface area (Å²) in [6, 6.07) is 12.0. The largest absolute Gasteiger partial charge is 0.390 e. The van der Waals surface area contributed by atoms with E-state index < -0.39 is 5.82 Å². The third-order valence-corrected chi connectivity index (χ3v) is 4.22. The van der Waals surface area contributed by atoms with Gasteiger partial charge in [0, 0.05) is 13.0 Å². The maximum absolute atomic E-state index is 13.9. The molecule has 0 bridgehead atoms. The smallest absolute Gasteiger partial charge is 0.256 e. The molecule has 0 spiro atoms. The molecule has 6 heteroatoms. The molecule has 3 rings (SSSR count). The second-order valence-electron chi connectivity index (χ2n) is 6.21. The number of hydrogen-bond donors (Lipinski definition) is 0. The molecule has 0 aliphatic carbocycles. The standard InChI is InChI=1S/C20H20F2N2O2/c1-2-11-24(20(25)17-5-3-4-6-18(17)22)13-16-12-19(23-26-16)14-7-9-15(21)10-8-14/h3-10,16H,2,11-13H2,1H3/t16-/m0/s1. The summed E-state index contributed by atoms with van der Waals surface area (Å²) < 4.78 is 27.0. The van der Waals surface area contributed by atoms with Crippen LogP contribution in [0.15, 0.2) is 53.7 Å². The topological polar surface area (TPSA) is 41.9 Å². The van der Waals surface area contributed by atoms with E-state index >= 15 is 0 Å². The zero-order chi connectivity index (χ0) is 18.5. The van der Waals surface area contributed by atoms with Crippen molar-refractivity contribution in [1.82, 2.24) is 4.90 Å². The molecular weight excluding hydrogens is 338 g/mol. The molecule has 2 aromatic carbocycles. The van der Waals surface area contributed by atoms with Gasteiger partial charge in [-0.3, -0.25) is 4.79 Å². The van der Waals surface area contributed by atoms with Gasteiger partial charge in [-0.2, -0.15) is 0 Å². The molecule has 1 aliphatic heterocycles. The quantitative estimate of drug-likeness (QED) is 0.783. The number of hydrogen-bond acceptors (Lipinski definition) is 3. The van der Waals surface area contributed by atoms with Gasteiger partial charge in [0.05, 0.1) is 17.8 Å². The maximum Gasteiger partial charge on any atom is 0.256 e. The molecule has 136 valence electrons. The van der Waals surface area contributed by atoms with Gasteiger partial charge in [-0.1, -0.05) is 36.3 Å². The molecule has 2 aromatic rings. The summed E-state index contributed by atoms with van der Waals surface area (Å²) in [5.74, 6) is -1.20. The lowest BCUT2D eigenvalue weighted by Crippen LogP contribution is -2.38. The first-order valence-electron chi connectivity index (χ1n) is 8.61. The minimum Gasteiger partial charge on any atom is -0.390 e. The third kappa shape index (κ3) is 4.07. The molecule has 0 saturated carbocycles. The first kappa shape index (κ1) is 18.0. The van der Waals surface area contributed by atoms with Crippen LogP contribution in [0.1, 0.15) is 35.7 Å². The van der Waals surface area contributed by atoms with Gasteiger partial charge in [-0.25, -0.2) is 8.78 Å². The van der Waals surface area contributed by atoms with Crippen molar-refractivity contribution in [3.8, 4) is 0 Å². The monoisotopic (exact) mass is 358 g/mol. The minimum atomic E-state index is -0.533. The predicted octanol–water partition coefficient (Wildman–Crippen LogP) is 4.01. The van der Waals surface area contributed by atoms with Crippen LogP contribution in [-0.2, 0) is 4.84 Å². The molecule has 4 nitrogen and oxygen atoms in total. The number of rotatable bonds is 6. The Balaban J connectivity index is 1.67. The number of carbonyl (C=O) groups is 1. The van der Waals surface area contributed by atoms with E-state index in [1.165, 1.54) is 24.3 Å².